The van der Waals surface area contributed by atoms with E-state index in [4.69, 9.17) is 0 Å². The Kier molecular flexibility index (Phi) is 16.7. The Hall–Kier alpha value is 0.246. The van der Waals surface area contributed by atoms with E-state index >= 15 is 0 Å². The van der Waals surface area contributed by atoms with Gasteiger partial charge in [-0.1, -0.05) is 115 Å². The van der Waals surface area contributed by atoms with Crippen LogP contribution >= 0.6 is 0 Å². The van der Waals surface area contributed by atoms with Crippen molar-refractivity contribution in [2.24, 2.45) is 0 Å². The molecule has 5 heteroatoms. The zero-order valence-electron chi connectivity index (χ0n) is 21.3. The third-order valence-electron chi connectivity index (χ3n) is 6.52. The predicted octanol–water partition coefficient (Wildman–Crippen LogP) is 5.33. The molecule has 0 amide bonds. The standard InChI is InChI=1S/C28H44O3S.K/c1-3-5-7-9-11-13-15-17-24-19-21-26-27(23-24)25(20-22-28(26)32(29,30)31)18-16-14-12-10-8-6-4-2;/h19-23H,3-18H2,1-2H3,(H,29,30,31);/q;+1/p-1. The molecule has 3 nitrogen and oxygen atoms in total. The van der Waals surface area contributed by atoms with Gasteiger partial charge in [0, 0.05) is 0 Å². The Morgan fingerprint density at radius 3 is 1.70 bits per heavy atom. The van der Waals surface area contributed by atoms with Gasteiger partial charge in [-0.05, 0) is 53.6 Å². The van der Waals surface area contributed by atoms with Gasteiger partial charge in [0.25, 0.3) is 0 Å². The molecule has 0 N–H and O–H groups in total. The van der Waals surface area contributed by atoms with Crippen molar-refractivity contribution in [1.82, 2.24) is 0 Å². The summed E-state index contributed by atoms with van der Waals surface area (Å²) in [4.78, 5) is -0.0849. The van der Waals surface area contributed by atoms with Crippen molar-refractivity contribution in [3.05, 3.63) is 41.5 Å². The van der Waals surface area contributed by atoms with Gasteiger partial charge in [-0.15, -0.1) is 0 Å². The van der Waals surface area contributed by atoms with Gasteiger partial charge in [-0.2, -0.15) is 0 Å². The van der Waals surface area contributed by atoms with E-state index in [1.54, 1.807) is 0 Å². The second-order valence-electron chi connectivity index (χ2n) is 9.30. The average molecular weight is 499 g/mol. The molecule has 0 heterocycles. The summed E-state index contributed by atoms with van der Waals surface area (Å²) in [6.07, 6.45) is 19.6. The van der Waals surface area contributed by atoms with E-state index in [1.807, 2.05) is 18.2 Å². The van der Waals surface area contributed by atoms with Crippen LogP contribution in [0.2, 0.25) is 0 Å². The topological polar surface area (TPSA) is 57.2 Å². The fourth-order valence-electron chi connectivity index (χ4n) is 4.58. The first-order chi connectivity index (χ1) is 15.5. The Labute approximate surface area is 245 Å². The summed E-state index contributed by atoms with van der Waals surface area (Å²) in [5, 5.41) is 1.54. The van der Waals surface area contributed by atoms with Gasteiger partial charge in [0.1, 0.15) is 10.1 Å². The first-order valence-corrected chi connectivity index (χ1v) is 14.4. The van der Waals surface area contributed by atoms with Crippen molar-refractivity contribution in [2.75, 3.05) is 0 Å². The molecule has 2 rings (SSSR count). The predicted molar refractivity (Wildman–Crippen MR) is 135 cm³/mol. The van der Waals surface area contributed by atoms with E-state index in [2.05, 4.69) is 19.9 Å². The van der Waals surface area contributed by atoms with Gasteiger partial charge in [0.2, 0.25) is 0 Å². The summed E-state index contributed by atoms with van der Waals surface area (Å²) >= 11 is 0. The summed E-state index contributed by atoms with van der Waals surface area (Å²) in [5.74, 6) is 0. The first kappa shape index (κ1) is 31.3. The molecule has 180 valence electrons. The minimum atomic E-state index is -4.48. The maximum absolute atomic E-state index is 11.8. The van der Waals surface area contributed by atoms with Crippen molar-refractivity contribution in [1.29, 1.82) is 0 Å². The number of aryl methyl sites for hydroxylation is 2. The van der Waals surface area contributed by atoms with Gasteiger partial charge < -0.3 is 4.55 Å². The third kappa shape index (κ3) is 11.7. The van der Waals surface area contributed by atoms with Crippen LogP contribution in [0.4, 0.5) is 0 Å². The molecule has 0 atom stereocenters. The van der Waals surface area contributed by atoms with Crippen LogP contribution in [0.25, 0.3) is 10.8 Å². The molecule has 0 saturated heterocycles. The monoisotopic (exact) mass is 498 g/mol. The van der Waals surface area contributed by atoms with Crippen LogP contribution < -0.4 is 51.4 Å². The molecule has 0 aliphatic heterocycles. The van der Waals surface area contributed by atoms with E-state index in [0.29, 0.717) is 5.39 Å². The fraction of sp³-hybridized carbons (Fsp3) is 0.643. The second kappa shape index (κ2) is 17.6. The van der Waals surface area contributed by atoms with Crippen LogP contribution in [-0.4, -0.2) is 13.0 Å². The number of unbranched alkanes of at least 4 members (excludes halogenated alkanes) is 12. The zero-order chi connectivity index (χ0) is 23.2. The first-order valence-electron chi connectivity index (χ1n) is 13.0. The van der Waals surface area contributed by atoms with Crippen molar-refractivity contribution >= 4 is 20.9 Å². The minimum absolute atomic E-state index is 0. The molecule has 0 radical (unpaired) electrons. The Bertz CT molecular complexity index is 909. The maximum atomic E-state index is 11.8. The molecular formula is C28H43KO3S. The maximum Gasteiger partial charge on any atom is 1.00 e. The average Bonchev–Trinajstić information content (AvgIpc) is 2.77. The van der Waals surface area contributed by atoms with Gasteiger partial charge in [0.05, 0.1) is 4.90 Å². The molecule has 0 aliphatic rings. The van der Waals surface area contributed by atoms with Crippen LogP contribution in [0.3, 0.4) is 0 Å². The van der Waals surface area contributed by atoms with Crippen LogP contribution in [0.1, 0.15) is 115 Å². The summed E-state index contributed by atoms with van der Waals surface area (Å²) in [6, 6.07) is 9.37. The molecule has 0 spiro atoms. The summed E-state index contributed by atoms with van der Waals surface area (Å²) in [5.41, 5.74) is 2.41. The van der Waals surface area contributed by atoms with E-state index in [9.17, 15) is 13.0 Å². The molecule has 0 bridgehead atoms. The number of fused-ring (bicyclic) bond motifs is 1. The molecule has 0 saturated carbocycles. The van der Waals surface area contributed by atoms with Gasteiger partial charge in [-0.25, -0.2) is 8.42 Å². The number of benzene rings is 2. The third-order valence-corrected chi connectivity index (χ3v) is 7.41. The van der Waals surface area contributed by atoms with E-state index in [1.165, 1.54) is 94.2 Å². The van der Waals surface area contributed by atoms with Crippen LogP contribution in [0.15, 0.2) is 35.2 Å². The van der Waals surface area contributed by atoms with Crippen molar-refractivity contribution in [3.8, 4) is 0 Å². The molecule has 33 heavy (non-hydrogen) atoms. The Morgan fingerprint density at radius 2 is 1.15 bits per heavy atom. The smallest absolute Gasteiger partial charge is 0.744 e. The normalized spacial score (nSPS) is 11.6. The fourth-order valence-corrected chi connectivity index (χ4v) is 5.26. The molecule has 0 aliphatic carbocycles. The van der Waals surface area contributed by atoms with Crippen molar-refractivity contribution in [2.45, 2.75) is 121 Å². The quantitative estimate of drug-likeness (QED) is 0.168. The largest absolute Gasteiger partial charge is 1.00 e. The van der Waals surface area contributed by atoms with Gasteiger partial charge in [0.15, 0.2) is 0 Å². The van der Waals surface area contributed by atoms with E-state index in [0.717, 1.165) is 31.1 Å². The zero-order valence-corrected chi connectivity index (χ0v) is 25.3. The van der Waals surface area contributed by atoms with E-state index in [-0.39, 0.29) is 56.3 Å². The van der Waals surface area contributed by atoms with Crippen LogP contribution in [0.5, 0.6) is 0 Å². The minimum Gasteiger partial charge on any atom is -0.744 e. The molecule has 0 unspecified atom stereocenters. The Morgan fingerprint density at radius 1 is 0.636 bits per heavy atom. The van der Waals surface area contributed by atoms with Crippen LogP contribution in [-0.2, 0) is 23.0 Å². The molecule has 0 aromatic heterocycles. The molecule has 0 fully saturated rings. The summed E-state index contributed by atoms with van der Waals surface area (Å²) in [6.45, 7) is 4.48. The number of hydrogen-bond acceptors (Lipinski definition) is 3. The molecule has 2 aromatic carbocycles. The van der Waals surface area contributed by atoms with Gasteiger partial charge >= 0.3 is 51.4 Å². The second-order valence-corrected chi connectivity index (χ2v) is 10.6. The van der Waals surface area contributed by atoms with Crippen molar-refractivity contribution in [3.63, 3.8) is 0 Å². The van der Waals surface area contributed by atoms with Gasteiger partial charge in [-0.3, -0.25) is 0 Å². The molecule has 2 aromatic rings. The molecular weight excluding hydrogens is 455 g/mol. The summed E-state index contributed by atoms with van der Waals surface area (Å²) < 4.78 is 35.4. The van der Waals surface area contributed by atoms with Crippen molar-refractivity contribution < 1.29 is 64.4 Å². The SMILES string of the molecule is CCCCCCCCCc1ccc2c(S(=O)(=O)[O-])ccc(CCCCCCCCC)c2c1.[K+]. The summed E-state index contributed by atoms with van der Waals surface area (Å²) in [7, 11) is -4.48. The number of rotatable bonds is 17. The van der Waals surface area contributed by atoms with E-state index < -0.39 is 10.1 Å². The van der Waals surface area contributed by atoms with Crippen LogP contribution in [0, 0.1) is 0 Å². The Balaban J connectivity index is 0.00000544. The number of hydrogen-bond donors (Lipinski definition) is 0.